The summed E-state index contributed by atoms with van der Waals surface area (Å²) in [6, 6.07) is 3.97. The second kappa shape index (κ2) is 5.31. The van der Waals surface area contributed by atoms with Gasteiger partial charge in [0.25, 0.3) is 0 Å². The minimum atomic E-state index is 0.589. The van der Waals surface area contributed by atoms with Gasteiger partial charge < -0.3 is 4.90 Å². The number of benzene rings is 1. The van der Waals surface area contributed by atoms with Crippen LogP contribution in [-0.4, -0.2) is 28.3 Å². The molecule has 108 valence electrons. The standard InChI is InChI=1S/C15H15ClN4S/c16-11-5-13-12(7-18-19-13)15(6-11)20-3-1-10(2-4-20)14-8-21-9-17-14/h5-10H,1-4H2,(H,18,19). The van der Waals surface area contributed by atoms with Crippen molar-refractivity contribution >= 4 is 39.5 Å². The average molecular weight is 319 g/mol. The summed E-state index contributed by atoms with van der Waals surface area (Å²) >= 11 is 7.91. The molecule has 3 heterocycles. The van der Waals surface area contributed by atoms with Gasteiger partial charge in [0.2, 0.25) is 0 Å². The fourth-order valence-corrected chi connectivity index (χ4v) is 3.95. The molecular formula is C15H15ClN4S. The van der Waals surface area contributed by atoms with E-state index < -0.39 is 0 Å². The Kier molecular flexibility index (Phi) is 3.31. The normalized spacial score (nSPS) is 16.7. The average Bonchev–Trinajstić information content (AvgIpc) is 3.17. The van der Waals surface area contributed by atoms with Crippen molar-refractivity contribution in [1.29, 1.82) is 0 Å². The maximum atomic E-state index is 6.23. The lowest BCUT2D eigenvalue weighted by Gasteiger charge is -2.33. The summed E-state index contributed by atoms with van der Waals surface area (Å²) in [5, 5.41) is 11.2. The smallest absolute Gasteiger partial charge is 0.0794 e. The molecule has 4 nitrogen and oxygen atoms in total. The van der Waals surface area contributed by atoms with Gasteiger partial charge in [-0.25, -0.2) is 4.98 Å². The predicted molar refractivity (Wildman–Crippen MR) is 87.4 cm³/mol. The van der Waals surface area contributed by atoms with Gasteiger partial charge in [0.15, 0.2) is 0 Å². The molecule has 1 saturated heterocycles. The van der Waals surface area contributed by atoms with Crippen LogP contribution in [-0.2, 0) is 0 Å². The van der Waals surface area contributed by atoms with E-state index in [2.05, 4.69) is 25.5 Å². The number of aromatic amines is 1. The van der Waals surface area contributed by atoms with Crippen LogP contribution in [0, 0.1) is 0 Å². The van der Waals surface area contributed by atoms with Crippen molar-refractivity contribution in [3.05, 3.63) is 39.9 Å². The van der Waals surface area contributed by atoms with E-state index >= 15 is 0 Å². The zero-order chi connectivity index (χ0) is 14.2. The van der Waals surface area contributed by atoms with Crippen molar-refractivity contribution in [2.45, 2.75) is 18.8 Å². The van der Waals surface area contributed by atoms with Crippen LogP contribution in [0.1, 0.15) is 24.5 Å². The third-order valence-corrected chi connectivity index (χ3v) is 5.03. The zero-order valence-corrected chi connectivity index (χ0v) is 13.0. The molecule has 3 aromatic rings. The first kappa shape index (κ1) is 13.1. The fourth-order valence-electron chi connectivity index (χ4n) is 3.10. The fraction of sp³-hybridized carbons (Fsp3) is 0.333. The van der Waals surface area contributed by atoms with Crippen LogP contribution in [0.3, 0.4) is 0 Å². The summed E-state index contributed by atoms with van der Waals surface area (Å²) in [6.45, 7) is 2.06. The molecule has 21 heavy (non-hydrogen) atoms. The molecule has 0 aliphatic carbocycles. The predicted octanol–water partition coefficient (Wildman–Crippen LogP) is 4.06. The van der Waals surface area contributed by atoms with Crippen molar-refractivity contribution < 1.29 is 0 Å². The zero-order valence-electron chi connectivity index (χ0n) is 11.4. The second-order valence-corrected chi connectivity index (χ2v) is 6.59. The van der Waals surface area contributed by atoms with Crippen molar-refractivity contribution in [1.82, 2.24) is 15.2 Å². The van der Waals surface area contributed by atoms with Gasteiger partial charge >= 0.3 is 0 Å². The Morgan fingerprint density at radius 2 is 2.14 bits per heavy atom. The molecule has 0 spiro atoms. The topological polar surface area (TPSA) is 44.8 Å². The number of hydrogen-bond donors (Lipinski definition) is 1. The van der Waals surface area contributed by atoms with Gasteiger partial charge in [0.1, 0.15) is 0 Å². The summed E-state index contributed by atoms with van der Waals surface area (Å²) in [6.07, 6.45) is 4.15. The Bertz CT molecular complexity index is 744. The molecule has 0 amide bonds. The molecule has 1 fully saturated rings. The first-order chi connectivity index (χ1) is 10.3. The van der Waals surface area contributed by atoms with E-state index in [1.165, 1.54) is 11.4 Å². The van der Waals surface area contributed by atoms with Crippen LogP contribution < -0.4 is 4.90 Å². The van der Waals surface area contributed by atoms with Gasteiger partial charge in [-0.2, -0.15) is 5.10 Å². The van der Waals surface area contributed by atoms with Crippen LogP contribution >= 0.6 is 22.9 Å². The number of nitrogens with zero attached hydrogens (tertiary/aromatic N) is 3. The lowest BCUT2D eigenvalue weighted by molar-refractivity contribution is 0.499. The number of thiazole rings is 1. The van der Waals surface area contributed by atoms with Gasteiger partial charge in [0, 0.05) is 40.5 Å². The minimum absolute atomic E-state index is 0.589. The molecule has 1 aliphatic rings. The lowest BCUT2D eigenvalue weighted by atomic mass is 9.94. The molecule has 1 N–H and O–H groups in total. The number of piperidine rings is 1. The Balaban J connectivity index is 1.59. The molecular weight excluding hydrogens is 304 g/mol. The highest BCUT2D eigenvalue weighted by Gasteiger charge is 2.23. The van der Waals surface area contributed by atoms with Crippen LogP contribution in [0.4, 0.5) is 5.69 Å². The highest BCUT2D eigenvalue weighted by Crippen LogP contribution is 2.34. The number of fused-ring (bicyclic) bond motifs is 1. The highest BCUT2D eigenvalue weighted by molar-refractivity contribution is 7.07. The summed E-state index contributed by atoms with van der Waals surface area (Å²) in [5.74, 6) is 0.589. The molecule has 0 atom stereocenters. The number of anilines is 1. The minimum Gasteiger partial charge on any atom is -0.371 e. The van der Waals surface area contributed by atoms with Crippen molar-refractivity contribution in [3.8, 4) is 0 Å². The third-order valence-electron chi connectivity index (χ3n) is 4.21. The van der Waals surface area contributed by atoms with E-state index in [0.29, 0.717) is 5.92 Å². The van der Waals surface area contributed by atoms with Crippen molar-refractivity contribution in [2.24, 2.45) is 0 Å². The number of nitrogens with one attached hydrogen (secondary N) is 1. The molecule has 1 aromatic carbocycles. The van der Waals surface area contributed by atoms with E-state index in [0.717, 1.165) is 41.9 Å². The van der Waals surface area contributed by atoms with E-state index in [9.17, 15) is 0 Å². The van der Waals surface area contributed by atoms with Crippen molar-refractivity contribution in [3.63, 3.8) is 0 Å². The molecule has 0 saturated carbocycles. The van der Waals surface area contributed by atoms with Crippen molar-refractivity contribution in [2.75, 3.05) is 18.0 Å². The molecule has 2 aromatic heterocycles. The Hall–Kier alpha value is -1.59. The summed E-state index contributed by atoms with van der Waals surface area (Å²) < 4.78 is 0. The van der Waals surface area contributed by atoms with Gasteiger partial charge in [-0.1, -0.05) is 11.6 Å². The Morgan fingerprint density at radius 3 is 2.90 bits per heavy atom. The molecule has 6 heteroatoms. The number of aromatic nitrogens is 3. The Labute approximate surface area is 131 Å². The lowest BCUT2D eigenvalue weighted by Crippen LogP contribution is -2.33. The summed E-state index contributed by atoms with van der Waals surface area (Å²) in [4.78, 5) is 6.87. The highest BCUT2D eigenvalue weighted by atomic mass is 35.5. The van der Waals surface area contributed by atoms with Crippen LogP contribution in [0.25, 0.3) is 10.9 Å². The molecule has 4 rings (SSSR count). The molecule has 0 unspecified atom stereocenters. The van der Waals surface area contributed by atoms with E-state index in [-0.39, 0.29) is 0 Å². The first-order valence-corrected chi connectivity index (χ1v) is 8.39. The number of rotatable bonds is 2. The Morgan fingerprint density at radius 1 is 1.29 bits per heavy atom. The van der Waals surface area contributed by atoms with Gasteiger partial charge in [-0.3, -0.25) is 5.10 Å². The van der Waals surface area contributed by atoms with Crippen LogP contribution in [0.15, 0.2) is 29.2 Å². The van der Waals surface area contributed by atoms with Gasteiger partial charge in [-0.15, -0.1) is 11.3 Å². The van der Waals surface area contributed by atoms with Gasteiger partial charge in [-0.05, 0) is 25.0 Å². The number of halogens is 1. The van der Waals surface area contributed by atoms with Gasteiger partial charge in [0.05, 0.1) is 22.9 Å². The monoisotopic (exact) mass is 318 g/mol. The second-order valence-electron chi connectivity index (χ2n) is 5.43. The largest absolute Gasteiger partial charge is 0.371 e. The van der Waals surface area contributed by atoms with Crippen LogP contribution in [0.5, 0.6) is 0 Å². The van der Waals surface area contributed by atoms with E-state index in [1.54, 1.807) is 11.3 Å². The third kappa shape index (κ3) is 2.40. The molecule has 0 radical (unpaired) electrons. The number of hydrogen-bond acceptors (Lipinski definition) is 4. The number of H-pyrrole nitrogens is 1. The van der Waals surface area contributed by atoms with E-state index in [1.807, 2.05) is 23.8 Å². The molecule has 0 bridgehead atoms. The first-order valence-electron chi connectivity index (χ1n) is 7.07. The SMILES string of the molecule is Clc1cc(N2CCC(c3cscn3)CC2)c2cn[nH]c2c1. The van der Waals surface area contributed by atoms with E-state index in [4.69, 9.17) is 11.6 Å². The molecule has 1 aliphatic heterocycles. The maximum absolute atomic E-state index is 6.23. The summed E-state index contributed by atoms with van der Waals surface area (Å²) in [5.41, 5.74) is 5.36. The maximum Gasteiger partial charge on any atom is 0.0794 e. The quantitative estimate of drug-likeness (QED) is 0.775. The van der Waals surface area contributed by atoms with Crippen LogP contribution in [0.2, 0.25) is 5.02 Å². The summed E-state index contributed by atoms with van der Waals surface area (Å²) in [7, 11) is 0.